The molecule has 2 saturated heterocycles. The van der Waals surface area contributed by atoms with Crippen LogP contribution in [0.1, 0.15) is 62.6 Å². The number of hydrogen-bond acceptors (Lipinski definition) is 4. The van der Waals surface area contributed by atoms with Gasteiger partial charge in [0.1, 0.15) is 5.75 Å². The molecule has 2 heterocycles. The summed E-state index contributed by atoms with van der Waals surface area (Å²) in [5.41, 5.74) is 2.13. The summed E-state index contributed by atoms with van der Waals surface area (Å²) in [4.78, 5) is 15.3. The first-order valence-electron chi connectivity index (χ1n) is 12.1. The van der Waals surface area contributed by atoms with Crippen molar-refractivity contribution in [3.05, 3.63) is 59.7 Å². The van der Waals surface area contributed by atoms with Crippen LogP contribution in [-0.2, 0) is 21.2 Å². The third-order valence-corrected chi connectivity index (χ3v) is 8.57. The van der Waals surface area contributed by atoms with Crippen molar-refractivity contribution in [3.63, 3.8) is 0 Å². The van der Waals surface area contributed by atoms with Gasteiger partial charge < -0.3 is 9.64 Å². The van der Waals surface area contributed by atoms with Gasteiger partial charge in [-0.1, -0.05) is 30.7 Å². The number of likely N-dealkylation sites (tertiary alicyclic amines) is 1. The fraction of sp³-hybridized carbons (Fsp3) is 0.500. The third kappa shape index (κ3) is 5.58. The predicted octanol–water partition coefficient (Wildman–Crippen LogP) is 4.56. The summed E-state index contributed by atoms with van der Waals surface area (Å²) in [6.45, 7) is 4.59. The van der Waals surface area contributed by atoms with Crippen LogP contribution in [0, 0.1) is 0 Å². The zero-order chi connectivity index (χ0) is 23.3. The standard InChI is InChI=1S/C26H34N2O4S/c1-2-32-23-13-11-22(12-14-23)25-7-6-20-28(25)26(29)17-10-21-8-15-24(16-9-21)33(30,31)27-18-4-3-5-19-27/h8-9,11-16,25H,2-7,10,17-20H2,1H3. The Kier molecular flexibility index (Phi) is 7.71. The molecule has 0 aliphatic carbocycles. The molecule has 33 heavy (non-hydrogen) atoms. The number of aryl methyl sites for hydroxylation is 1. The number of carbonyl (C=O) groups excluding carboxylic acids is 1. The van der Waals surface area contributed by atoms with Crippen LogP contribution < -0.4 is 4.74 Å². The topological polar surface area (TPSA) is 66.9 Å². The molecule has 2 fully saturated rings. The molecule has 2 aromatic rings. The van der Waals surface area contributed by atoms with Crippen molar-refractivity contribution in [3.8, 4) is 5.75 Å². The molecular formula is C26H34N2O4S. The normalized spacial score (nSPS) is 19.5. The first-order valence-corrected chi connectivity index (χ1v) is 13.5. The number of rotatable bonds is 8. The largest absolute Gasteiger partial charge is 0.494 e. The van der Waals surface area contributed by atoms with Crippen LogP contribution in [0.2, 0.25) is 0 Å². The van der Waals surface area contributed by atoms with E-state index in [1.54, 1.807) is 16.4 Å². The van der Waals surface area contributed by atoms with Gasteiger partial charge in [0.15, 0.2) is 0 Å². The summed E-state index contributed by atoms with van der Waals surface area (Å²) >= 11 is 0. The number of ether oxygens (including phenoxy) is 1. The molecule has 0 bridgehead atoms. The average Bonchev–Trinajstić information content (AvgIpc) is 3.34. The number of piperidine rings is 1. The zero-order valence-corrected chi connectivity index (χ0v) is 20.2. The van der Waals surface area contributed by atoms with Crippen LogP contribution in [0.15, 0.2) is 53.4 Å². The molecule has 2 aromatic carbocycles. The number of amides is 1. The second-order valence-electron chi connectivity index (χ2n) is 8.86. The van der Waals surface area contributed by atoms with E-state index in [1.165, 1.54) is 0 Å². The van der Waals surface area contributed by atoms with Crippen molar-refractivity contribution >= 4 is 15.9 Å². The summed E-state index contributed by atoms with van der Waals surface area (Å²) < 4.78 is 32.8. The molecule has 1 atom stereocenters. The van der Waals surface area contributed by atoms with Crippen molar-refractivity contribution in [1.82, 2.24) is 9.21 Å². The molecule has 2 aliphatic rings. The van der Waals surface area contributed by atoms with Crippen molar-refractivity contribution in [2.45, 2.75) is 62.8 Å². The summed E-state index contributed by atoms with van der Waals surface area (Å²) in [6, 6.07) is 15.2. The Morgan fingerprint density at radius 2 is 1.64 bits per heavy atom. The fourth-order valence-electron chi connectivity index (χ4n) is 4.84. The van der Waals surface area contributed by atoms with Gasteiger partial charge >= 0.3 is 0 Å². The van der Waals surface area contributed by atoms with E-state index in [-0.39, 0.29) is 11.9 Å². The van der Waals surface area contributed by atoms with Crippen LogP contribution in [0.3, 0.4) is 0 Å². The number of sulfonamides is 1. The lowest BCUT2D eigenvalue weighted by molar-refractivity contribution is -0.132. The van der Waals surface area contributed by atoms with E-state index in [0.717, 1.165) is 55.5 Å². The molecule has 0 N–H and O–H groups in total. The van der Waals surface area contributed by atoms with Crippen LogP contribution in [-0.4, -0.2) is 49.8 Å². The zero-order valence-electron chi connectivity index (χ0n) is 19.4. The molecule has 1 unspecified atom stereocenters. The lowest BCUT2D eigenvalue weighted by atomic mass is 10.0. The maximum absolute atomic E-state index is 13.0. The van der Waals surface area contributed by atoms with Gasteiger partial charge in [0.2, 0.25) is 15.9 Å². The molecule has 178 valence electrons. The van der Waals surface area contributed by atoms with E-state index in [9.17, 15) is 13.2 Å². The van der Waals surface area contributed by atoms with Gasteiger partial charge in [-0.2, -0.15) is 4.31 Å². The highest BCUT2D eigenvalue weighted by atomic mass is 32.2. The average molecular weight is 471 g/mol. The van der Waals surface area contributed by atoms with Crippen molar-refractivity contribution in [1.29, 1.82) is 0 Å². The van der Waals surface area contributed by atoms with Crippen LogP contribution >= 0.6 is 0 Å². The first-order chi connectivity index (χ1) is 16.0. The maximum Gasteiger partial charge on any atom is 0.243 e. The van der Waals surface area contributed by atoms with Gasteiger partial charge in [-0.3, -0.25) is 4.79 Å². The molecule has 1 amide bonds. The van der Waals surface area contributed by atoms with E-state index in [4.69, 9.17) is 4.74 Å². The summed E-state index contributed by atoms with van der Waals surface area (Å²) in [6.07, 6.45) is 5.95. The van der Waals surface area contributed by atoms with Crippen molar-refractivity contribution < 1.29 is 17.9 Å². The van der Waals surface area contributed by atoms with E-state index in [0.29, 0.717) is 37.4 Å². The number of benzene rings is 2. The highest BCUT2D eigenvalue weighted by molar-refractivity contribution is 7.89. The summed E-state index contributed by atoms with van der Waals surface area (Å²) in [5, 5.41) is 0. The minimum atomic E-state index is -3.42. The first kappa shape index (κ1) is 23.8. The van der Waals surface area contributed by atoms with E-state index < -0.39 is 10.0 Å². The highest BCUT2D eigenvalue weighted by Gasteiger charge is 2.30. The molecule has 2 aliphatic heterocycles. The lowest BCUT2D eigenvalue weighted by Crippen LogP contribution is -2.35. The number of carbonyl (C=O) groups is 1. The predicted molar refractivity (Wildman–Crippen MR) is 129 cm³/mol. The Bertz CT molecular complexity index is 1030. The van der Waals surface area contributed by atoms with Crippen LogP contribution in [0.4, 0.5) is 0 Å². The van der Waals surface area contributed by atoms with Crippen molar-refractivity contribution in [2.24, 2.45) is 0 Å². The van der Waals surface area contributed by atoms with E-state index >= 15 is 0 Å². The van der Waals surface area contributed by atoms with Gasteiger partial charge in [0.05, 0.1) is 17.5 Å². The fourth-order valence-corrected chi connectivity index (χ4v) is 6.36. The lowest BCUT2D eigenvalue weighted by Gasteiger charge is -2.26. The summed E-state index contributed by atoms with van der Waals surface area (Å²) in [7, 11) is -3.42. The molecular weight excluding hydrogens is 436 g/mol. The molecule has 0 spiro atoms. The van der Waals surface area contributed by atoms with Gasteiger partial charge in [-0.15, -0.1) is 0 Å². The third-order valence-electron chi connectivity index (χ3n) is 6.65. The molecule has 6 nitrogen and oxygen atoms in total. The molecule has 7 heteroatoms. The van der Waals surface area contributed by atoms with Gasteiger partial charge in [0.25, 0.3) is 0 Å². The van der Waals surface area contributed by atoms with Crippen LogP contribution in [0.5, 0.6) is 5.75 Å². The van der Waals surface area contributed by atoms with E-state index in [1.807, 2.05) is 36.1 Å². The van der Waals surface area contributed by atoms with Crippen LogP contribution in [0.25, 0.3) is 0 Å². The van der Waals surface area contributed by atoms with Gasteiger partial charge in [-0.25, -0.2) is 8.42 Å². The summed E-state index contributed by atoms with van der Waals surface area (Å²) in [5.74, 6) is 0.999. The molecule has 0 aromatic heterocycles. The minimum absolute atomic E-state index is 0.116. The Morgan fingerprint density at radius 3 is 2.30 bits per heavy atom. The molecule has 4 rings (SSSR count). The van der Waals surface area contributed by atoms with E-state index in [2.05, 4.69) is 12.1 Å². The monoisotopic (exact) mass is 470 g/mol. The highest BCUT2D eigenvalue weighted by Crippen LogP contribution is 2.33. The molecule has 0 radical (unpaired) electrons. The van der Waals surface area contributed by atoms with Gasteiger partial charge in [-0.05, 0) is 74.4 Å². The second-order valence-corrected chi connectivity index (χ2v) is 10.8. The van der Waals surface area contributed by atoms with Crippen molar-refractivity contribution in [2.75, 3.05) is 26.2 Å². The Morgan fingerprint density at radius 1 is 0.939 bits per heavy atom. The maximum atomic E-state index is 13.0. The minimum Gasteiger partial charge on any atom is -0.494 e. The second kappa shape index (κ2) is 10.7. The Hall–Kier alpha value is -2.38. The number of hydrogen-bond donors (Lipinski definition) is 0. The Labute approximate surface area is 197 Å². The van der Waals surface area contributed by atoms with Gasteiger partial charge in [0, 0.05) is 26.1 Å². The number of nitrogens with zero attached hydrogens (tertiary/aromatic N) is 2. The smallest absolute Gasteiger partial charge is 0.243 e. The quantitative estimate of drug-likeness (QED) is 0.567. The Balaban J connectivity index is 1.35. The SMILES string of the molecule is CCOc1ccc(C2CCCN2C(=O)CCc2ccc(S(=O)(=O)N3CCCCC3)cc2)cc1. The molecule has 0 saturated carbocycles.